The van der Waals surface area contributed by atoms with Crippen LogP contribution in [0, 0.1) is 0 Å². The lowest BCUT2D eigenvalue weighted by molar-refractivity contribution is -0.146. The normalized spacial score (nSPS) is 12.1. The van der Waals surface area contributed by atoms with E-state index < -0.39 is 6.04 Å². The lowest BCUT2D eigenvalue weighted by Gasteiger charge is -2.09. The number of aromatic nitrogens is 2. The van der Waals surface area contributed by atoms with Gasteiger partial charge < -0.3 is 4.74 Å². The van der Waals surface area contributed by atoms with Crippen LogP contribution in [-0.2, 0) is 9.53 Å². The van der Waals surface area contributed by atoms with Crippen LogP contribution in [0.15, 0.2) is 12.4 Å². The summed E-state index contributed by atoms with van der Waals surface area (Å²) in [6, 6.07) is -0.497. The SMILES string of the molecule is CCOC(=O)C(C)n1cc(C=O)cn1. The van der Waals surface area contributed by atoms with E-state index in [0.29, 0.717) is 18.5 Å². The highest BCUT2D eigenvalue weighted by atomic mass is 16.5. The maximum atomic E-state index is 11.3. The van der Waals surface area contributed by atoms with E-state index in [1.54, 1.807) is 13.8 Å². The Morgan fingerprint density at radius 1 is 1.79 bits per heavy atom. The van der Waals surface area contributed by atoms with Crippen molar-refractivity contribution in [2.45, 2.75) is 19.9 Å². The van der Waals surface area contributed by atoms with Crippen molar-refractivity contribution in [3.05, 3.63) is 18.0 Å². The van der Waals surface area contributed by atoms with Crippen LogP contribution in [0.3, 0.4) is 0 Å². The molecule has 1 atom stereocenters. The quantitative estimate of drug-likeness (QED) is 0.528. The molecule has 5 heteroatoms. The van der Waals surface area contributed by atoms with Crippen molar-refractivity contribution in [3.63, 3.8) is 0 Å². The molecule has 76 valence electrons. The Bertz CT molecular complexity index is 333. The molecule has 14 heavy (non-hydrogen) atoms. The Morgan fingerprint density at radius 3 is 3.00 bits per heavy atom. The van der Waals surface area contributed by atoms with E-state index in [1.807, 2.05) is 0 Å². The molecule has 0 saturated carbocycles. The molecule has 0 fully saturated rings. The molecule has 0 N–H and O–H groups in total. The monoisotopic (exact) mass is 196 g/mol. The number of ether oxygens (including phenoxy) is 1. The first-order valence-corrected chi connectivity index (χ1v) is 4.35. The maximum absolute atomic E-state index is 11.3. The Morgan fingerprint density at radius 2 is 2.50 bits per heavy atom. The van der Waals surface area contributed by atoms with E-state index in [9.17, 15) is 9.59 Å². The van der Waals surface area contributed by atoms with E-state index >= 15 is 0 Å². The van der Waals surface area contributed by atoms with Crippen LogP contribution >= 0.6 is 0 Å². The molecule has 0 amide bonds. The van der Waals surface area contributed by atoms with Crippen molar-refractivity contribution in [3.8, 4) is 0 Å². The average Bonchev–Trinajstić information content (AvgIpc) is 2.65. The fourth-order valence-corrected chi connectivity index (χ4v) is 0.996. The summed E-state index contributed by atoms with van der Waals surface area (Å²) < 4.78 is 6.22. The second kappa shape index (κ2) is 4.55. The van der Waals surface area contributed by atoms with Gasteiger partial charge in [0.2, 0.25) is 0 Å². The topological polar surface area (TPSA) is 61.2 Å². The van der Waals surface area contributed by atoms with Crippen LogP contribution in [-0.4, -0.2) is 28.6 Å². The van der Waals surface area contributed by atoms with Crippen LogP contribution < -0.4 is 0 Å². The molecule has 0 radical (unpaired) electrons. The van der Waals surface area contributed by atoms with Gasteiger partial charge in [-0.25, -0.2) is 4.79 Å². The fraction of sp³-hybridized carbons (Fsp3) is 0.444. The summed E-state index contributed by atoms with van der Waals surface area (Å²) in [6.07, 6.45) is 3.60. The number of carbonyl (C=O) groups is 2. The van der Waals surface area contributed by atoms with Gasteiger partial charge in [0.15, 0.2) is 6.29 Å². The summed E-state index contributed by atoms with van der Waals surface area (Å²) in [5, 5.41) is 3.87. The van der Waals surface area contributed by atoms with E-state index in [4.69, 9.17) is 4.74 Å². The summed E-state index contributed by atoms with van der Waals surface area (Å²) in [7, 11) is 0. The lowest BCUT2D eigenvalue weighted by Crippen LogP contribution is -2.19. The summed E-state index contributed by atoms with van der Waals surface area (Å²) in [5.41, 5.74) is 0.446. The third-order valence-electron chi connectivity index (χ3n) is 1.78. The van der Waals surface area contributed by atoms with Gasteiger partial charge in [-0.05, 0) is 13.8 Å². The number of hydrogen-bond acceptors (Lipinski definition) is 4. The number of rotatable bonds is 4. The van der Waals surface area contributed by atoms with Gasteiger partial charge in [-0.15, -0.1) is 0 Å². The van der Waals surface area contributed by atoms with Crippen LogP contribution in [0.5, 0.6) is 0 Å². The second-order valence-corrected chi connectivity index (χ2v) is 2.80. The van der Waals surface area contributed by atoms with Crippen molar-refractivity contribution >= 4 is 12.3 Å². The molecule has 0 aliphatic heterocycles. The van der Waals surface area contributed by atoms with Crippen LogP contribution in [0.1, 0.15) is 30.2 Å². The third-order valence-corrected chi connectivity index (χ3v) is 1.78. The van der Waals surface area contributed by atoms with Crippen molar-refractivity contribution in [1.82, 2.24) is 9.78 Å². The highest BCUT2D eigenvalue weighted by Crippen LogP contribution is 2.07. The Hall–Kier alpha value is -1.65. The number of aldehydes is 1. The first-order valence-electron chi connectivity index (χ1n) is 4.35. The first kappa shape index (κ1) is 10.4. The molecule has 1 unspecified atom stereocenters. The average molecular weight is 196 g/mol. The summed E-state index contributed by atoms with van der Waals surface area (Å²) in [4.78, 5) is 21.6. The predicted molar refractivity (Wildman–Crippen MR) is 49.0 cm³/mol. The van der Waals surface area contributed by atoms with E-state index in [0.717, 1.165) is 0 Å². The largest absolute Gasteiger partial charge is 0.464 e. The van der Waals surface area contributed by atoms with Crippen molar-refractivity contribution in [2.75, 3.05) is 6.61 Å². The Balaban J connectivity index is 2.73. The van der Waals surface area contributed by atoms with Gasteiger partial charge in [0.1, 0.15) is 6.04 Å². The van der Waals surface area contributed by atoms with Gasteiger partial charge in [0.25, 0.3) is 0 Å². The summed E-state index contributed by atoms with van der Waals surface area (Å²) in [5.74, 6) is -0.354. The molecule has 5 nitrogen and oxygen atoms in total. The second-order valence-electron chi connectivity index (χ2n) is 2.80. The number of hydrogen-bond donors (Lipinski definition) is 0. The highest BCUT2D eigenvalue weighted by molar-refractivity contribution is 5.75. The Labute approximate surface area is 81.7 Å². The zero-order chi connectivity index (χ0) is 10.6. The van der Waals surface area contributed by atoms with E-state index in [2.05, 4.69) is 5.10 Å². The molecule has 0 aromatic carbocycles. The lowest BCUT2D eigenvalue weighted by atomic mass is 10.3. The van der Waals surface area contributed by atoms with Gasteiger partial charge in [-0.2, -0.15) is 5.10 Å². The van der Waals surface area contributed by atoms with E-state index in [-0.39, 0.29) is 5.97 Å². The molecule has 1 aromatic heterocycles. The summed E-state index contributed by atoms with van der Waals surface area (Å²) in [6.45, 7) is 3.75. The molecular formula is C9H12N2O3. The van der Waals surface area contributed by atoms with Crippen molar-refractivity contribution in [1.29, 1.82) is 0 Å². The number of nitrogens with zero attached hydrogens (tertiary/aromatic N) is 2. The summed E-state index contributed by atoms with van der Waals surface area (Å²) >= 11 is 0. The van der Waals surface area contributed by atoms with Crippen LogP contribution in [0.4, 0.5) is 0 Å². The smallest absolute Gasteiger partial charge is 0.330 e. The number of carbonyl (C=O) groups excluding carboxylic acids is 2. The molecule has 1 aromatic rings. The van der Waals surface area contributed by atoms with Gasteiger partial charge in [-0.1, -0.05) is 0 Å². The standard InChI is InChI=1S/C9H12N2O3/c1-3-14-9(13)7(2)11-5-8(6-12)4-10-11/h4-7H,3H2,1-2H3. The van der Waals surface area contributed by atoms with E-state index in [1.165, 1.54) is 17.1 Å². The minimum absolute atomic E-state index is 0.338. The molecule has 0 saturated heterocycles. The van der Waals surface area contributed by atoms with Crippen molar-refractivity contribution < 1.29 is 14.3 Å². The zero-order valence-electron chi connectivity index (χ0n) is 8.14. The molecule has 1 rings (SSSR count). The van der Waals surface area contributed by atoms with Gasteiger partial charge in [0.05, 0.1) is 18.4 Å². The predicted octanol–water partition coefficient (Wildman–Crippen LogP) is 0.820. The minimum atomic E-state index is -0.497. The molecule has 0 spiro atoms. The first-order chi connectivity index (χ1) is 6.69. The Kier molecular flexibility index (Phi) is 3.39. The third kappa shape index (κ3) is 2.18. The molecule has 0 aliphatic rings. The number of esters is 1. The van der Waals surface area contributed by atoms with Gasteiger partial charge in [-0.3, -0.25) is 9.48 Å². The van der Waals surface area contributed by atoms with Gasteiger partial charge >= 0.3 is 5.97 Å². The molecular weight excluding hydrogens is 184 g/mol. The molecule has 1 heterocycles. The van der Waals surface area contributed by atoms with Crippen LogP contribution in [0.25, 0.3) is 0 Å². The molecule has 0 aliphatic carbocycles. The fourth-order valence-electron chi connectivity index (χ4n) is 0.996. The zero-order valence-corrected chi connectivity index (χ0v) is 8.14. The molecule has 0 bridgehead atoms. The van der Waals surface area contributed by atoms with Gasteiger partial charge in [0, 0.05) is 6.20 Å². The highest BCUT2D eigenvalue weighted by Gasteiger charge is 2.16. The van der Waals surface area contributed by atoms with Crippen LogP contribution in [0.2, 0.25) is 0 Å². The minimum Gasteiger partial charge on any atom is -0.464 e. The maximum Gasteiger partial charge on any atom is 0.330 e. The van der Waals surface area contributed by atoms with Crippen molar-refractivity contribution in [2.24, 2.45) is 0 Å².